The monoisotopic (exact) mass is 398 g/mol. The van der Waals surface area contributed by atoms with E-state index in [4.69, 9.17) is 0 Å². The molecule has 0 heterocycles. The molecule has 4 rings (SSSR count). The van der Waals surface area contributed by atoms with Crippen LogP contribution in [-0.4, -0.2) is 0 Å². The van der Waals surface area contributed by atoms with Gasteiger partial charge >= 0.3 is 0 Å². The summed E-state index contributed by atoms with van der Waals surface area (Å²) >= 11 is 0. The van der Waals surface area contributed by atoms with Crippen LogP contribution in [0.2, 0.25) is 0 Å². The molecule has 0 aliphatic heterocycles. The summed E-state index contributed by atoms with van der Waals surface area (Å²) in [5, 5.41) is 0. The van der Waals surface area contributed by atoms with Gasteiger partial charge in [-0.1, -0.05) is 72.5 Å². The summed E-state index contributed by atoms with van der Waals surface area (Å²) in [6.07, 6.45) is 20.4. The zero-order chi connectivity index (χ0) is 20.8. The van der Waals surface area contributed by atoms with Crippen molar-refractivity contribution in [3.63, 3.8) is 0 Å². The molecule has 3 unspecified atom stereocenters. The lowest BCUT2D eigenvalue weighted by molar-refractivity contribution is -0.0503. The Morgan fingerprint density at radius 2 is 1.76 bits per heavy atom. The van der Waals surface area contributed by atoms with Gasteiger partial charge in [-0.05, 0) is 110 Å². The summed E-state index contributed by atoms with van der Waals surface area (Å²) in [6.45, 7) is 15.3. The molecule has 0 amide bonds. The molecule has 0 nitrogen and oxygen atoms in total. The standard InChI is InChI=1S/C29H50/c1-7-22(20(2)3)12-11-21(4)25-15-16-26-24-14-13-23-10-8-9-18-28(23,5)27(24)17-19-29(25,26)6/h13,20-22,24-27H,7-12,14-19H2,1-6H3/t21-,22-,24+,25?,26?,27?,28+,29-/m1/s1. The van der Waals surface area contributed by atoms with E-state index >= 15 is 0 Å². The molecule has 4 aliphatic rings. The molecule has 4 aliphatic carbocycles. The lowest BCUT2D eigenvalue weighted by atomic mass is 9.47. The van der Waals surface area contributed by atoms with E-state index < -0.39 is 0 Å². The van der Waals surface area contributed by atoms with Gasteiger partial charge in [0.25, 0.3) is 0 Å². The highest BCUT2D eigenvalue weighted by molar-refractivity contribution is 5.24. The molecule has 29 heavy (non-hydrogen) atoms. The van der Waals surface area contributed by atoms with Crippen molar-refractivity contribution in [1.29, 1.82) is 0 Å². The molecule has 8 atom stereocenters. The zero-order valence-electron chi connectivity index (χ0n) is 20.6. The second kappa shape index (κ2) is 8.35. The number of hydrogen-bond acceptors (Lipinski definition) is 0. The molecule has 0 aromatic carbocycles. The van der Waals surface area contributed by atoms with E-state index in [-0.39, 0.29) is 0 Å². The van der Waals surface area contributed by atoms with Crippen LogP contribution in [0.5, 0.6) is 0 Å². The highest BCUT2D eigenvalue weighted by Crippen LogP contribution is 2.67. The van der Waals surface area contributed by atoms with E-state index in [9.17, 15) is 0 Å². The highest BCUT2D eigenvalue weighted by Gasteiger charge is 2.58. The second-order valence-corrected chi connectivity index (χ2v) is 12.7. The SMILES string of the molecule is CC[C@H](CC[C@@H](C)C1CCC2[C@@H]3CC=C4CCCC[C@]4(C)C3CC[C@@]21C)C(C)C. The van der Waals surface area contributed by atoms with E-state index in [0.29, 0.717) is 10.8 Å². The maximum absolute atomic E-state index is 2.75. The summed E-state index contributed by atoms with van der Waals surface area (Å²) in [5.74, 6) is 6.71. The van der Waals surface area contributed by atoms with Crippen molar-refractivity contribution in [3.8, 4) is 0 Å². The van der Waals surface area contributed by atoms with Crippen molar-refractivity contribution >= 4 is 0 Å². The molecule has 0 spiro atoms. The van der Waals surface area contributed by atoms with E-state index in [1.807, 2.05) is 5.57 Å². The van der Waals surface area contributed by atoms with E-state index in [0.717, 1.165) is 41.4 Å². The molecule has 3 saturated carbocycles. The molecule has 0 aromatic rings. The molecule has 0 aromatic heterocycles. The van der Waals surface area contributed by atoms with Gasteiger partial charge in [-0.2, -0.15) is 0 Å². The second-order valence-electron chi connectivity index (χ2n) is 12.7. The minimum Gasteiger partial charge on any atom is -0.0845 e. The van der Waals surface area contributed by atoms with E-state index in [1.165, 1.54) is 77.0 Å². The first-order valence-electron chi connectivity index (χ1n) is 13.5. The third-order valence-electron chi connectivity index (χ3n) is 11.2. The first kappa shape index (κ1) is 22.0. The van der Waals surface area contributed by atoms with Gasteiger partial charge < -0.3 is 0 Å². The van der Waals surface area contributed by atoms with Crippen LogP contribution in [0.1, 0.15) is 119 Å². The minimum absolute atomic E-state index is 0.567. The molecule has 166 valence electrons. The van der Waals surface area contributed by atoms with Crippen LogP contribution in [-0.2, 0) is 0 Å². The van der Waals surface area contributed by atoms with E-state index in [2.05, 4.69) is 47.6 Å². The first-order valence-corrected chi connectivity index (χ1v) is 13.5. The van der Waals surface area contributed by atoms with Crippen LogP contribution in [0.4, 0.5) is 0 Å². The lowest BCUT2D eigenvalue weighted by Gasteiger charge is -2.58. The van der Waals surface area contributed by atoms with Crippen LogP contribution in [0.15, 0.2) is 11.6 Å². The fourth-order valence-corrected chi connectivity index (χ4v) is 9.36. The fraction of sp³-hybridized carbons (Fsp3) is 0.931. The molecule has 0 saturated heterocycles. The van der Waals surface area contributed by atoms with Gasteiger partial charge in [-0.25, -0.2) is 0 Å². The van der Waals surface area contributed by atoms with Gasteiger partial charge in [0.05, 0.1) is 0 Å². The summed E-state index contributed by atoms with van der Waals surface area (Å²) < 4.78 is 0. The zero-order valence-corrected chi connectivity index (χ0v) is 20.6. The van der Waals surface area contributed by atoms with Crippen molar-refractivity contribution in [1.82, 2.24) is 0 Å². The van der Waals surface area contributed by atoms with Gasteiger partial charge in [0.1, 0.15) is 0 Å². The number of rotatable bonds is 6. The first-order chi connectivity index (χ1) is 13.8. The predicted octanol–water partition coefficient (Wildman–Crippen LogP) is 9.05. The summed E-state index contributed by atoms with van der Waals surface area (Å²) in [6, 6.07) is 0. The van der Waals surface area contributed by atoms with Crippen molar-refractivity contribution in [2.75, 3.05) is 0 Å². The molecular formula is C29H50. The maximum atomic E-state index is 2.75. The molecule has 0 radical (unpaired) electrons. The quantitative estimate of drug-likeness (QED) is 0.391. The molecule has 0 heteroatoms. The van der Waals surface area contributed by atoms with Gasteiger partial charge in [0, 0.05) is 0 Å². The van der Waals surface area contributed by atoms with Gasteiger partial charge in [0.15, 0.2) is 0 Å². The number of hydrogen-bond donors (Lipinski definition) is 0. The van der Waals surface area contributed by atoms with Crippen molar-refractivity contribution in [2.45, 2.75) is 119 Å². The third-order valence-corrected chi connectivity index (χ3v) is 11.2. The smallest absolute Gasteiger partial charge is 0.00853 e. The Kier molecular flexibility index (Phi) is 6.32. The Balaban J connectivity index is 1.47. The summed E-state index contributed by atoms with van der Waals surface area (Å²) in [5.41, 5.74) is 3.07. The normalized spacial score (nSPS) is 43.9. The lowest BCUT2D eigenvalue weighted by Crippen LogP contribution is -2.50. The fourth-order valence-electron chi connectivity index (χ4n) is 9.36. The Morgan fingerprint density at radius 3 is 2.48 bits per heavy atom. The van der Waals surface area contributed by atoms with Gasteiger partial charge in [-0.15, -0.1) is 0 Å². The topological polar surface area (TPSA) is 0 Å². The minimum atomic E-state index is 0.567. The van der Waals surface area contributed by atoms with Crippen LogP contribution >= 0.6 is 0 Å². The van der Waals surface area contributed by atoms with Gasteiger partial charge in [0.2, 0.25) is 0 Å². The van der Waals surface area contributed by atoms with Crippen molar-refractivity contribution in [2.24, 2.45) is 52.3 Å². The van der Waals surface area contributed by atoms with Gasteiger partial charge in [-0.3, -0.25) is 0 Å². The van der Waals surface area contributed by atoms with Crippen LogP contribution in [0.3, 0.4) is 0 Å². The Hall–Kier alpha value is -0.260. The highest BCUT2D eigenvalue weighted by atomic mass is 14.6. The average Bonchev–Trinajstić information content (AvgIpc) is 3.05. The molecule has 3 fully saturated rings. The molecule has 0 N–H and O–H groups in total. The third kappa shape index (κ3) is 3.67. The Labute approximate surface area is 182 Å². The van der Waals surface area contributed by atoms with Crippen molar-refractivity contribution in [3.05, 3.63) is 11.6 Å². The van der Waals surface area contributed by atoms with E-state index in [1.54, 1.807) is 0 Å². The summed E-state index contributed by atoms with van der Waals surface area (Å²) in [7, 11) is 0. The summed E-state index contributed by atoms with van der Waals surface area (Å²) in [4.78, 5) is 0. The Morgan fingerprint density at radius 1 is 0.966 bits per heavy atom. The molecule has 0 bridgehead atoms. The van der Waals surface area contributed by atoms with Crippen LogP contribution in [0, 0.1) is 52.3 Å². The predicted molar refractivity (Wildman–Crippen MR) is 127 cm³/mol. The molecular weight excluding hydrogens is 348 g/mol. The van der Waals surface area contributed by atoms with Crippen LogP contribution < -0.4 is 0 Å². The van der Waals surface area contributed by atoms with Crippen molar-refractivity contribution < 1.29 is 0 Å². The Bertz CT molecular complexity index is 599. The maximum Gasteiger partial charge on any atom is -0.00853 e. The largest absolute Gasteiger partial charge is 0.0845 e. The number of fused-ring (bicyclic) bond motifs is 5. The number of allylic oxidation sites excluding steroid dienone is 2. The van der Waals surface area contributed by atoms with Crippen LogP contribution in [0.25, 0.3) is 0 Å². The average molecular weight is 399 g/mol.